The van der Waals surface area contributed by atoms with Gasteiger partial charge in [0.05, 0.1) is 24.4 Å². The van der Waals surface area contributed by atoms with Gasteiger partial charge in [0.25, 0.3) is 0 Å². The first-order valence-electron chi connectivity index (χ1n) is 26.6. The number of hydrogen-bond donors (Lipinski definition) is 8. The lowest BCUT2D eigenvalue weighted by Gasteiger charge is -2.36. The van der Waals surface area contributed by atoms with Crippen LogP contribution in [-0.4, -0.2) is 133 Å². The Morgan fingerprint density at radius 3 is 1.10 bits per heavy atom. The first-order valence-corrected chi connectivity index (χ1v) is 26.6. The molecular formula is C52H106N6O4. The largest absolute Gasteiger partial charge is 0.392 e. The zero-order valence-corrected chi connectivity index (χ0v) is 40.9. The second-order valence-electron chi connectivity index (χ2n) is 19.2. The van der Waals surface area contributed by atoms with Crippen molar-refractivity contribution in [2.75, 3.05) is 78.5 Å². The molecule has 0 amide bonds. The van der Waals surface area contributed by atoms with Crippen molar-refractivity contribution in [3.8, 4) is 0 Å². The molecule has 10 nitrogen and oxygen atoms in total. The third-order valence-corrected chi connectivity index (χ3v) is 13.1. The van der Waals surface area contributed by atoms with Gasteiger partial charge in [-0.25, -0.2) is 0 Å². The van der Waals surface area contributed by atoms with Crippen molar-refractivity contribution in [1.29, 1.82) is 0 Å². The summed E-state index contributed by atoms with van der Waals surface area (Å²) >= 11 is 0. The highest BCUT2D eigenvalue weighted by molar-refractivity contribution is 4.83. The third-order valence-electron chi connectivity index (χ3n) is 13.1. The molecule has 0 bridgehead atoms. The molecular weight excluding hydrogens is 773 g/mol. The van der Waals surface area contributed by atoms with Crippen LogP contribution in [0.5, 0.6) is 0 Å². The van der Waals surface area contributed by atoms with Gasteiger partial charge < -0.3 is 42.5 Å². The molecule has 0 spiro atoms. The maximum atomic E-state index is 10.8. The second-order valence-corrected chi connectivity index (χ2v) is 19.2. The van der Waals surface area contributed by atoms with Crippen LogP contribution in [0.1, 0.15) is 194 Å². The smallest absolute Gasteiger partial charge is 0.0791 e. The average molecular weight is 879 g/mol. The quantitative estimate of drug-likeness (QED) is 0.0220. The van der Waals surface area contributed by atoms with Crippen LogP contribution < -0.4 is 22.1 Å². The summed E-state index contributed by atoms with van der Waals surface area (Å²) in [5.74, 6) is 0.897. The minimum absolute atomic E-state index is 0.316. The van der Waals surface area contributed by atoms with Crippen LogP contribution in [-0.2, 0) is 0 Å². The van der Waals surface area contributed by atoms with Crippen molar-refractivity contribution in [1.82, 2.24) is 20.4 Å². The summed E-state index contributed by atoms with van der Waals surface area (Å²) in [6, 6.07) is 0. The molecule has 1 saturated heterocycles. The van der Waals surface area contributed by atoms with E-state index in [-0.39, 0.29) is 0 Å². The fourth-order valence-corrected chi connectivity index (χ4v) is 9.05. The first kappa shape index (κ1) is 59.1. The number of piperazine rings is 1. The van der Waals surface area contributed by atoms with E-state index >= 15 is 0 Å². The molecule has 1 rings (SSSR count). The maximum absolute atomic E-state index is 10.8. The van der Waals surface area contributed by atoms with E-state index in [9.17, 15) is 20.4 Å². The van der Waals surface area contributed by atoms with Gasteiger partial charge in [-0.3, -0.25) is 9.80 Å². The van der Waals surface area contributed by atoms with E-state index in [4.69, 9.17) is 11.5 Å². The summed E-state index contributed by atoms with van der Waals surface area (Å²) in [6.07, 6.45) is 41.9. The molecule has 0 saturated carbocycles. The summed E-state index contributed by atoms with van der Waals surface area (Å²) in [5.41, 5.74) is 11.5. The van der Waals surface area contributed by atoms with Gasteiger partial charge in [0, 0.05) is 65.4 Å². The number of allylic oxidation sites excluding steroid dienone is 4. The van der Waals surface area contributed by atoms with Crippen LogP contribution in [0.3, 0.4) is 0 Å². The summed E-state index contributed by atoms with van der Waals surface area (Å²) in [5, 5.41) is 49.1. The minimum atomic E-state index is -0.436. The number of nitrogens with one attached hydrogen (secondary N) is 2. The zero-order chi connectivity index (χ0) is 45.1. The monoisotopic (exact) mass is 879 g/mol. The predicted molar refractivity (Wildman–Crippen MR) is 267 cm³/mol. The Labute approximate surface area is 383 Å². The lowest BCUT2D eigenvalue weighted by molar-refractivity contribution is 0.0486. The molecule has 1 aliphatic heterocycles. The number of rotatable bonds is 46. The fraction of sp³-hybridized carbons (Fsp3) is 0.923. The normalized spacial score (nSPS) is 17.3. The highest BCUT2D eigenvalue weighted by atomic mass is 16.3. The molecule has 1 heterocycles. The van der Waals surface area contributed by atoms with Gasteiger partial charge in [0.1, 0.15) is 0 Å². The average Bonchev–Trinajstić information content (AvgIpc) is 3.27. The minimum Gasteiger partial charge on any atom is -0.392 e. The van der Waals surface area contributed by atoms with Crippen LogP contribution in [0.15, 0.2) is 24.3 Å². The number of nitrogens with two attached hydrogens (primary N) is 2. The van der Waals surface area contributed by atoms with Gasteiger partial charge in [0.2, 0.25) is 0 Å². The van der Waals surface area contributed by atoms with Crippen molar-refractivity contribution in [2.45, 2.75) is 218 Å². The zero-order valence-electron chi connectivity index (χ0n) is 40.9. The third kappa shape index (κ3) is 37.3. The molecule has 1 fully saturated rings. The Morgan fingerprint density at radius 1 is 0.435 bits per heavy atom. The van der Waals surface area contributed by atoms with E-state index in [0.29, 0.717) is 51.1 Å². The van der Waals surface area contributed by atoms with E-state index in [1.54, 1.807) is 0 Å². The molecule has 62 heavy (non-hydrogen) atoms. The van der Waals surface area contributed by atoms with Crippen LogP contribution in [0.2, 0.25) is 0 Å². The van der Waals surface area contributed by atoms with Crippen LogP contribution in [0.25, 0.3) is 0 Å². The number of aliphatic hydroxyl groups excluding tert-OH is 4. The molecule has 10 heteroatoms. The van der Waals surface area contributed by atoms with Gasteiger partial charge in [-0.15, -0.1) is 0 Å². The number of hydrogen-bond acceptors (Lipinski definition) is 10. The topological polar surface area (TPSA) is 164 Å². The lowest BCUT2D eigenvalue weighted by atomic mass is 9.91. The standard InChI is InChI=1S/C52H106N6O4/c1-3-5-7-9-11-13-15-17-19-21-23-25-27-29-47(39-49(59)41-53)31-33-55-43-51(61)45-57-35-37-58(38-36-57)46-52(62)44-56-34-32-48(40-50(60)42-54)30-28-26-24-22-20-18-16-14-12-10-8-6-4-2/h17-20,47-52,55-56,59-62H,3-16,21-46,53-54H2,1-2H3. The van der Waals surface area contributed by atoms with Crippen LogP contribution in [0, 0.1) is 11.8 Å². The number of aliphatic hydroxyl groups is 4. The molecule has 6 atom stereocenters. The molecule has 0 radical (unpaired) electrons. The van der Waals surface area contributed by atoms with E-state index in [1.807, 2.05) is 0 Å². The highest BCUT2D eigenvalue weighted by Gasteiger charge is 2.22. The van der Waals surface area contributed by atoms with Gasteiger partial charge in [-0.05, 0) is 102 Å². The van der Waals surface area contributed by atoms with Gasteiger partial charge in [0.15, 0.2) is 0 Å². The van der Waals surface area contributed by atoms with Crippen molar-refractivity contribution in [3.63, 3.8) is 0 Å². The van der Waals surface area contributed by atoms with Gasteiger partial charge in [-0.1, -0.05) is 141 Å². The Balaban J connectivity index is 2.18. The SMILES string of the molecule is CCCCCCCCC=CCCCCCC(CCNCC(O)CN1CCN(CC(O)CNCCC(CCCCCC=CCCCCCCCC)CC(O)CN)CC1)CC(O)CN. The molecule has 0 aromatic carbocycles. The molecule has 0 aromatic rings. The van der Waals surface area contributed by atoms with Gasteiger partial charge >= 0.3 is 0 Å². The molecule has 6 unspecified atom stereocenters. The predicted octanol–water partition coefficient (Wildman–Crippen LogP) is 8.45. The Bertz CT molecular complexity index is 907. The lowest BCUT2D eigenvalue weighted by Crippen LogP contribution is -2.52. The van der Waals surface area contributed by atoms with Crippen molar-refractivity contribution in [3.05, 3.63) is 24.3 Å². The van der Waals surface area contributed by atoms with Crippen LogP contribution >= 0.6 is 0 Å². The highest BCUT2D eigenvalue weighted by Crippen LogP contribution is 2.21. The number of β-amino-alcohol motifs (C(OH)–C–C–N with tert-alkyl or cyclic N) is 2. The van der Waals surface area contributed by atoms with Crippen molar-refractivity contribution in [2.24, 2.45) is 23.3 Å². The van der Waals surface area contributed by atoms with E-state index in [2.05, 4.69) is 58.6 Å². The first-order chi connectivity index (χ1) is 30.3. The van der Waals surface area contributed by atoms with E-state index < -0.39 is 24.4 Å². The van der Waals surface area contributed by atoms with Crippen LogP contribution in [0.4, 0.5) is 0 Å². The molecule has 0 aromatic heterocycles. The van der Waals surface area contributed by atoms with Crippen molar-refractivity contribution >= 4 is 0 Å². The Hall–Kier alpha value is -0.920. The second kappa shape index (κ2) is 43.9. The molecule has 10 N–H and O–H groups in total. The number of unbranched alkanes of at least 4 members (excludes halogenated alkanes) is 18. The Kier molecular flexibility index (Phi) is 41.9. The molecule has 0 aliphatic carbocycles. The summed E-state index contributed by atoms with van der Waals surface area (Å²) in [6.45, 7) is 12.9. The van der Waals surface area contributed by atoms with Crippen molar-refractivity contribution < 1.29 is 20.4 Å². The molecule has 1 aliphatic rings. The summed E-state index contributed by atoms with van der Waals surface area (Å²) < 4.78 is 0. The van der Waals surface area contributed by atoms with E-state index in [1.165, 1.54) is 141 Å². The fourth-order valence-electron chi connectivity index (χ4n) is 9.05. The van der Waals surface area contributed by atoms with Gasteiger partial charge in [-0.2, -0.15) is 0 Å². The molecule has 368 valence electrons. The summed E-state index contributed by atoms with van der Waals surface area (Å²) in [4.78, 5) is 4.67. The number of nitrogens with zero attached hydrogens (tertiary/aromatic N) is 2. The van der Waals surface area contributed by atoms with E-state index in [0.717, 1.165) is 77.8 Å². The maximum Gasteiger partial charge on any atom is 0.0791 e. The Morgan fingerprint density at radius 2 is 0.758 bits per heavy atom. The summed E-state index contributed by atoms with van der Waals surface area (Å²) in [7, 11) is 0.